The van der Waals surface area contributed by atoms with Crippen LogP contribution in [0.4, 0.5) is 5.82 Å². The van der Waals surface area contributed by atoms with Gasteiger partial charge in [0.25, 0.3) is 0 Å². The van der Waals surface area contributed by atoms with Crippen molar-refractivity contribution in [3.8, 4) is 0 Å². The third-order valence-corrected chi connectivity index (χ3v) is 3.29. The molecule has 1 aromatic rings. The highest BCUT2D eigenvalue weighted by Crippen LogP contribution is 2.20. The third kappa shape index (κ3) is 2.99. The lowest BCUT2D eigenvalue weighted by Crippen LogP contribution is -2.32. The molecule has 0 saturated carbocycles. The molecular formula is C12H20N4O. The van der Waals surface area contributed by atoms with E-state index < -0.39 is 0 Å². The lowest BCUT2D eigenvalue weighted by Gasteiger charge is -2.16. The third-order valence-electron chi connectivity index (χ3n) is 3.29. The maximum Gasteiger partial charge on any atom is 0.244 e. The van der Waals surface area contributed by atoms with E-state index in [2.05, 4.69) is 12.0 Å². The molecule has 2 rings (SSSR count). The molecule has 94 valence electrons. The number of carbonyl (C=O) groups is 1. The molecule has 0 aromatic carbocycles. The van der Waals surface area contributed by atoms with E-state index in [-0.39, 0.29) is 5.91 Å². The van der Waals surface area contributed by atoms with E-state index in [0.29, 0.717) is 18.3 Å². The van der Waals surface area contributed by atoms with Crippen molar-refractivity contribution in [1.29, 1.82) is 0 Å². The van der Waals surface area contributed by atoms with Gasteiger partial charge in [-0.3, -0.25) is 9.48 Å². The van der Waals surface area contributed by atoms with Crippen LogP contribution in [0.5, 0.6) is 0 Å². The number of hydrogen-bond acceptors (Lipinski definition) is 3. The Kier molecular flexibility index (Phi) is 3.66. The SMILES string of the molecule is CCCC1CCN(C(=O)Cn2ccc(N)n2)C1. The second-order valence-electron chi connectivity index (χ2n) is 4.72. The molecule has 1 atom stereocenters. The van der Waals surface area contributed by atoms with Crippen LogP contribution in [0, 0.1) is 5.92 Å². The molecule has 0 bridgehead atoms. The highest BCUT2D eigenvalue weighted by molar-refractivity contribution is 5.76. The van der Waals surface area contributed by atoms with Gasteiger partial charge in [0.1, 0.15) is 12.4 Å². The Morgan fingerprint density at radius 1 is 1.65 bits per heavy atom. The van der Waals surface area contributed by atoms with E-state index in [1.54, 1.807) is 16.9 Å². The second-order valence-corrected chi connectivity index (χ2v) is 4.72. The highest BCUT2D eigenvalue weighted by atomic mass is 16.2. The fraction of sp³-hybridized carbons (Fsp3) is 0.667. The molecule has 2 heterocycles. The molecule has 5 nitrogen and oxygen atoms in total. The predicted molar refractivity (Wildman–Crippen MR) is 66.2 cm³/mol. The number of amides is 1. The monoisotopic (exact) mass is 236 g/mol. The van der Waals surface area contributed by atoms with Gasteiger partial charge >= 0.3 is 0 Å². The molecule has 2 N–H and O–H groups in total. The van der Waals surface area contributed by atoms with Gasteiger partial charge in [0, 0.05) is 19.3 Å². The first-order valence-corrected chi connectivity index (χ1v) is 6.25. The molecule has 1 aliphatic rings. The van der Waals surface area contributed by atoms with Crippen LogP contribution < -0.4 is 5.73 Å². The zero-order valence-electron chi connectivity index (χ0n) is 10.3. The van der Waals surface area contributed by atoms with Crippen molar-refractivity contribution >= 4 is 11.7 Å². The van der Waals surface area contributed by atoms with Gasteiger partial charge in [0.2, 0.25) is 5.91 Å². The minimum atomic E-state index is 0.145. The fourth-order valence-corrected chi connectivity index (χ4v) is 2.41. The number of anilines is 1. The van der Waals surface area contributed by atoms with Crippen molar-refractivity contribution in [2.75, 3.05) is 18.8 Å². The summed E-state index contributed by atoms with van der Waals surface area (Å²) in [6.45, 7) is 4.29. The largest absolute Gasteiger partial charge is 0.382 e. The fourth-order valence-electron chi connectivity index (χ4n) is 2.41. The molecule has 1 saturated heterocycles. The summed E-state index contributed by atoms with van der Waals surface area (Å²) in [4.78, 5) is 13.9. The zero-order chi connectivity index (χ0) is 12.3. The summed E-state index contributed by atoms with van der Waals surface area (Å²) in [6.07, 6.45) is 5.30. The number of rotatable bonds is 4. The van der Waals surface area contributed by atoms with Crippen LogP contribution in [0.3, 0.4) is 0 Å². The lowest BCUT2D eigenvalue weighted by atomic mass is 10.0. The Morgan fingerprint density at radius 2 is 2.47 bits per heavy atom. The second kappa shape index (κ2) is 5.21. The molecule has 1 aliphatic heterocycles. The number of nitrogens with two attached hydrogens (primary N) is 1. The molecule has 0 aliphatic carbocycles. The Labute approximate surface area is 102 Å². The summed E-state index contributed by atoms with van der Waals surface area (Å²) < 4.78 is 1.60. The smallest absolute Gasteiger partial charge is 0.244 e. The molecule has 0 spiro atoms. The van der Waals surface area contributed by atoms with Gasteiger partial charge in [0.05, 0.1) is 0 Å². The van der Waals surface area contributed by atoms with Gasteiger partial charge in [-0.1, -0.05) is 13.3 Å². The Balaban J connectivity index is 1.85. The molecule has 1 aromatic heterocycles. The average Bonchev–Trinajstić information content (AvgIpc) is 2.88. The first-order valence-electron chi connectivity index (χ1n) is 6.25. The quantitative estimate of drug-likeness (QED) is 0.851. The minimum absolute atomic E-state index is 0.145. The van der Waals surface area contributed by atoms with E-state index in [9.17, 15) is 4.79 Å². The molecule has 1 unspecified atom stereocenters. The van der Waals surface area contributed by atoms with E-state index in [1.807, 2.05) is 4.90 Å². The number of nitrogen functional groups attached to an aromatic ring is 1. The van der Waals surface area contributed by atoms with Crippen molar-refractivity contribution in [3.05, 3.63) is 12.3 Å². The van der Waals surface area contributed by atoms with Crippen LogP contribution in [-0.2, 0) is 11.3 Å². The van der Waals surface area contributed by atoms with Gasteiger partial charge in [0.15, 0.2) is 0 Å². The minimum Gasteiger partial charge on any atom is -0.382 e. The van der Waals surface area contributed by atoms with Crippen LogP contribution in [0.15, 0.2) is 12.3 Å². The molecule has 1 fully saturated rings. The van der Waals surface area contributed by atoms with Gasteiger partial charge in [-0.25, -0.2) is 0 Å². The Morgan fingerprint density at radius 3 is 3.12 bits per heavy atom. The number of aromatic nitrogens is 2. The summed E-state index contributed by atoms with van der Waals surface area (Å²) in [5, 5.41) is 4.02. The van der Waals surface area contributed by atoms with E-state index in [0.717, 1.165) is 19.5 Å². The Bertz CT molecular complexity index is 388. The van der Waals surface area contributed by atoms with Gasteiger partial charge in [-0.2, -0.15) is 5.10 Å². The predicted octanol–water partition coefficient (Wildman–Crippen LogP) is 1.11. The normalized spacial score (nSPS) is 19.8. The van der Waals surface area contributed by atoms with Gasteiger partial charge < -0.3 is 10.6 Å². The number of hydrogen-bond donors (Lipinski definition) is 1. The van der Waals surface area contributed by atoms with E-state index in [4.69, 9.17) is 5.73 Å². The van der Waals surface area contributed by atoms with Crippen molar-refractivity contribution in [3.63, 3.8) is 0 Å². The van der Waals surface area contributed by atoms with Crippen LogP contribution in [0.1, 0.15) is 26.2 Å². The van der Waals surface area contributed by atoms with Crippen molar-refractivity contribution in [2.24, 2.45) is 5.92 Å². The first kappa shape index (κ1) is 12.0. The van der Waals surface area contributed by atoms with Crippen LogP contribution in [-0.4, -0.2) is 33.7 Å². The molecule has 0 radical (unpaired) electrons. The van der Waals surface area contributed by atoms with Crippen molar-refractivity contribution < 1.29 is 4.79 Å². The van der Waals surface area contributed by atoms with E-state index in [1.165, 1.54) is 12.8 Å². The highest BCUT2D eigenvalue weighted by Gasteiger charge is 2.25. The first-order chi connectivity index (χ1) is 8.19. The summed E-state index contributed by atoms with van der Waals surface area (Å²) >= 11 is 0. The topological polar surface area (TPSA) is 64.2 Å². The van der Waals surface area contributed by atoms with Gasteiger partial charge in [-0.15, -0.1) is 0 Å². The number of likely N-dealkylation sites (tertiary alicyclic amines) is 1. The average molecular weight is 236 g/mol. The standard InChI is InChI=1S/C12H20N4O/c1-2-3-10-4-6-15(8-10)12(17)9-16-7-5-11(13)14-16/h5,7,10H,2-4,6,8-9H2,1H3,(H2,13,14). The van der Waals surface area contributed by atoms with E-state index >= 15 is 0 Å². The summed E-state index contributed by atoms with van der Waals surface area (Å²) in [5.41, 5.74) is 5.51. The molecular weight excluding hydrogens is 216 g/mol. The summed E-state index contributed by atoms with van der Waals surface area (Å²) in [6, 6.07) is 1.71. The van der Waals surface area contributed by atoms with Crippen LogP contribution in [0.25, 0.3) is 0 Å². The maximum absolute atomic E-state index is 12.0. The number of nitrogens with zero attached hydrogens (tertiary/aromatic N) is 3. The zero-order valence-corrected chi connectivity index (χ0v) is 10.3. The lowest BCUT2D eigenvalue weighted by molar-refractivity contribution is -0.131. The molecule has 1 amide bonds. The van der Waals surface area contributed by atoms with Crippen molar-refractivity contribution in [2.45, 2.75) is 32.7 Å². The molecule has 5 heteroatoms. The summed E-state index contributed by atoms with van der Waals surface area (Å²) in [5.74, 6) is 1.29. The maximum atomic E-state index is 12.0. The van der Waals surface area contributed by atoms with Crippen LogP contribution >= 0.6 is 0 Å². The van der Waals surface area contributed by atoms with Gasteiger partial charge in [-0.05, 0) is 24.8 Å². The number of carbonyl (C=O) groups excluding carboxylic acids is 1. The molecule has 17 heavy (non-hydrogen) atoms. The van der Waals surface area contributed by atoms with Crippen LogP contribution in [0.2, 0.25) is 0 Å². The summed E-state index contributed by atoms with van der Waals surface area (Å²) in [7, 11) is 0. The Hall–Kier alpha value is -1.52. The van der Waals surface area contributed by atoms with Crippen molar-refractivity contribution in [1.82, 2.24) is 14.7 Å².